The molecule has 1 N–H and O–H groups in total. The highest BCUT2D eigenvalue weighted by Gasteiger charge is 2.04. The fourth-order valence-electron chi connectivity index (χ4n) is 1.56. The highest BCUT2D eigenvalue weighted by molar-refractivity contribution is 6.30. The van der Waals surface area contributed by atoms with Crippen LogP contribution >= 0.6 is 11.6 Å². The predicted octanol–water partition coefficient (Wildman–Crippen LogP) is 3.78. The van der Waals surface area contributed by atoms with Gasteiger partial charge in [-0.1, -0.05) is 18.5 Å². The quantitative estimate of drug-likeness (QED) is 0.905. The number of pyridine rings is 1. The summed E-state index contributed by atoms with van der Waals surface area (Å²) >= 11 is 5.61. The lowest BCUT2D eigenvalue weighted by Gasteiger charge is -2.08. The molecule has 0 radical (unpaired) electrons. The zero-order chi connectivity index (χ0) is 13.7. The van der Waals surface area contributed by atoms with Crippen LogP contribution in [-0.4, -0.2) is 11.5 Å². The molecule has 1 heterocycles. The van der Waals surface area contributed by atoms with E-state index in [1.807, 2.05) is 13.0 Å². The number of hydrogen-bond acceptors (Lipinski definition) is 3. The summed E-state index contributed by atoms with van der Waals surface area (Å²) in [6.07, 6.45) is 3.35. The number of benzene rings is 1. The zero-order valence-electron chi connectivity index (χ0n) is 10.5. The average Bonchev–Trinajstić information content (AvgIpc) is 2.41. The second-order valence-electron chi connectivity index (χ2n) is 3.99. The van der Waals surface area contributed by atoms with Crippen LogP contribution in [0.3, 0.4) is 0 Å². The van der Waals surface area contributed by atoms with E-state index in [1.165, 1.54) is 12.1 Å². The number of aromatic nitrogens is 1. The number of rotatable bonds is 5. The van der Waals surface area contributed by atoms with Gasteiger partial charge in [0.1, 0.15) is 17.3 Å². The second kappa shape index (κ2) is 6.50. The van der Waals surface area contributed by atoms with Crippen LogP contribution in [0.15, 0.2) is 36.7 Å². The Morgan fingerprint density at radius 1 is 1.26 bits per heavy atom. The number of ether oxygens (including phenoxy) is 1. The second-order valence-corrected chi connectivity index (χ2v) is 4.39. The molecular formula is C14H14ClFN2O. The topological polar surface area (TPSA) is 34.2 Å². The van der Waals surface area contributed by atoms with E-state index in [0.717, 1.165) is 18.7 Å². The van der Waals surface area contributed by atoms with E-state index in [0.29, 0.717) is 11.5 Å². The smallest absolute Gasteiger partial charge is 0.146 e. The van der Waals surface area contributed by atoms with Crippen LogP contribution in [0.25, 0.3) is 0 Å². The molecule has 0 aliphatic rings. The first-order valence-corrected chi connectivity index (χ1v) is 6.34. The van der Waals surface area contributed by atoms with Crippen LogP contribution in [0.5, 0.6) is 11.5 Å². The third kappa shape index (κ3) is 3.91. The van der Waals surface area contributed by atoms with E-state index in [9.17, 15) is 4.39 Å². The molecule has 0 aliphatic heterocycles. The first kappa shape index (κ1) is 13.8. The number of hydrogen-bond donors (Lipinski definition) is 1. The average molecular weight is 281 g/mol. The first-order valence-electron chi connectivity index (χ1n) is 5.96. The van der Waals surface area contributed by atoms with Crippen molar-refractivity contribution < 1.29 is 9.13 Å². The largest absolute Gasteiger partial charge is 0.456 e. The minimum Gasteiger partial charge on any atom is -0.456 e. The molecule has 1 aromatic heterocycles. The van der Waals surface area contributed by atoms with E-state index < -0.39 is 5.82 Å². The molecule has 0 unspecified atom stereocenters. The number of nitrogens with zero attached hydrogens (tertiary/aromatic N) is 1. The van der Waals surface area contributed by atoms with E-state index in [-0.39, 0.29) is 5.02 Å². The summed E-state index contributed by atoms with van der Waals surface area (Å²) in [5.41, 5.74) is 1.01. The van der Waals surface area contributed by atoms with Crippen molar-refractivity contribution in [2.45, 2.75) is 13.5 Å². The summed E-state index contributed by atoms with van der Waals surface area (Å²) in [6, 6.07) is 6.19. The Hall–Kier alpha value is -1.65. The van der Waals surface area contributed by atoms with Gasteiger partial charge in [-0.15, -0.1) is 0 Å². The van der Waals surface area contributed by atoms with Crippen LogP contribution in [0, 0.1) is 5.82 Å². The summed E-state index contributed by atoms with van der Waals surface area (Å²) < 4.78 is 18.8. The monoisotopic (exact) mass is 280 g/mol. The molecule has 0 aliphatic carbocycles. The Labute approximate surface area is 116 Å². The molecule has 100 valence electrons. The lowest BCUT2D eigenvalue weighted by Crippen LogP contribution is -2.11. The van der Waals surface area contributed by atoms with Crippen LogP contribution in [0.4, 0.5) is 4.39 Å². The van der Waals surface area contributed by atoms with E-state index in [1.54, 1.807) is 18.5 Å². The maximum absolute atomic E-state index is 13.3. The van der Waals surface area contributed by atoms with Gasteiger partial charge in [0.05, 0.1) is 11.2 Å². The van der Waals surface area contributed by atoms with Crippen molar-refractivity contribution in [1.29, 1.82) is 0 Å². The van der Waals surface area contributed by atoms with Gasteiger partial charge in [0.2, 0.25) is 0 Å². The molecule has 5 heteroatoms. The standard InChI is InChI=1S/C14H14ClFN2O/c1-2-17-7-10-5-12(9-18-8-10)19-11-3-4-13(15)14(16)6-11/h3-6,8-9,17H,2,7H2,1H3. The van der Waals surface area contributed by atoms with Crippen LogP contribution < -0.4 is 10.1 Å². The van der Waals surface area contributed by atoms with Crippen LogP contribution in [0.2, 0.25) is 5.02 Å². The third-order valence-corrected chi connectivity index (χ3v) is 2.78. The molecule has 0 amide bonds. The number of halogens is 2. The summed E-state index contributed by atoms with van der Waals surface area (Å²) in [4.78, 5) is 4.09. The minimum atomic E-state index is -0.504. The summed E-state index contributed by atoms with van der Waals surface area (Å²) in [7, 11) is 0. The molecule has 2 rings (SSSR count). The van der Waals surface area contributed by atoms with Gasteiger partial charge in [-0.3, -0.25) is 4.98 Å². The fraction of sp³-hybridized carbons (Fsp3) is 0.214. The lowest BCUT2D eigenvalue weighted by atomic mass is 10.2. The lowest BCUT2D eigenvalue weighted by molar-refractivity contribution is 0.473. The molecule has 19 heavy (non-hydrogen) atoms. The van der Waals surface area contributed by atoms with Gasteiger partial charge in [-0.25, -0.2) is 4.39 Å². The van der Waals surface area contributed by atoms with Crippen molar-refractivity contribution in [2.75, 3.05) is 6.54 Å². The molecule has 2 aromatic rings. The van der Waals surface area contributed by atoms with Gasteiger partial charge in [0.15, 0.2) is 0 Å². The van der Waals surface area contributed by atoms with Crippen molar-refractivity contribution in [2.24, 2.45) is 0 Å². The Balaban J connectivity index is 2.11. The molecule has 3 nitrogen and oxygen atoms in total. The van der Waals surface area contributed by atoms with Crippen molar-refractivity contribution in [3.05, 3.63) is 53.1 Å². The summed E-state index contributed by atoms with van der Waals surface area (Å²) in [6.45, 7) is 3.63. The Bertz CT molecular complexity index is 563. The van der Waals surface area contributed by atoms with Gasteiger partial charge in [-0.2, -0.15) is 0 Å². The maximum Gasteiger partial charge on any atom is 0.146 e. The normalized spacial score (nSPS) is 10.5. The molecule has 0 bridgehead atoms. The predicted molar refractivity (Wildman–Crippen MR) is 73.1 cm³/mol. The SMILES string of the molecule is CCNCc1cncc(Oc2ccc(Cl)c(F)c2)c1. The molecule has 0 saturated carbocycles. The highest BCUT2D eigenvalue weighted by atomic mass is 35.5. The Morgan fingerprint density at radius 2 is 2.11 bits per heavy atom. The first-order chi connectivity index (χ1) is 9.19. The molecular weight excluding hydrogens is 267 g/mol. The third-order valence-electron chi connectivity index (χ3n) is 2.48. The van der Waals surface area contributed by atoms with Gasteiger partial charge in [0.25, 0.3) is 0 Å². The fourth-order valence-corrected chi connectivity index (χ4v) is 1.68. The molecule has 0 fully saturated rings. The minimum absolute atomic E-state index is 0.0753. The number of nitrogens with one attached hydrogen (secondary N) is 1. The van der Waals surface area contributed by atoms with E-state index in [2.05, 4.69) is 10.3 Å². The highest BCUT2D eigenvalue weighted by Crippen LogP contribution is 2.25. The zero-order valence-corrected chi connectivity index (χ0v) is 11.2. The molecule has 0 spiro atoms. The van der Waals surface area contributed by atoms with Gasteiger partial charge in [0, 0.05) is 18.8 Å². The van der Waals surface area contributed by atoms with E-state index in [4.69, 9.17) is 16.3 Å². The van der Waals surface area contributed by atoms with Crippen LogP contribution in [-0.2, 0) is 6.54 Å². The maximum atomic E-state index is 13.3. The Morgan fingerprint density at radius 3 is 2.84 bits per heavy atom. The Kier molecular flexibility index (Phi) is 4.71. The van der Waals surface area contributed by atoms with Gasteiger partial charge in [-0.05, 0) is 30.3 Å². The van der Waals surface area contributed by atoms with Crippen LogP contribution in [0.1, 0.15) is 12.5 Å². The van der Waals surface area contributed by atoms with E-state index >= 15 is 0 Å². The summed E-state index contributed by atoms with van der Waals surface area (Å²) in [5, 5.41) is 3.27. The molecule has 0 atom stereocenters. The van der Waals surface area contributed by atoms with Crippen molar-refractivity contribution in [3.63, 3.8) is 0 Å². The van der Waals surface area contributed by atoms with Crippen molar-refractivity contribution in [1.82, 2.24) is 10.3 Å². The molecule has 1 aromatic carbocycles. The molecule has 0 saturated heterocycles. The summed E-state index contributed by atoms with van der Waals surface area (Å²) in [5.74, 6) is 0.456. The van der Waals surface area contributed by atoms with Crippen molar-refractivity contribution >= 4 is 11.6 Å². The van der Waals surface area contributed by atoms with Gasteiger partial charge < -0.3 is 10.1 Å². The van der Waals surface area contributed by atoms with Crippen molar-refractivity contribution in [3.8, 4) is 11.5 Å². The van der Waals surface area contributed by atoms with Gasteiger partial charge >= 0.3 is 0 Å².